The Hall–Kier alpha value is -2.71. The Morgan fingerprint density at radius 2 is 1.94 bits per heavy atom. The predicted molar refractivity (Wildman–Crippen MR) is 118 cm³/mol. The van der Waals surface area contributed by atoms with Gasteiger partial charge in [-0.25, -0.2) is 4.98 Å². The van der Waals surface area contributed by atoms with Crippen molar-refractivity contribution >= 4 is 34.0 Å². The van der Waals surface area contributed by atoms with Crippen LogP contribution in [-0.4, -0.2) is 79.9 Å². The van der Waals surface area contributed by atoms with Crippen molar-refractivity contribution in [3.8, 4) is 0 Å². The van der Waals surface area contributed by atoms with Gasteiger partial charge in [-0.1, -0.05) is 18.2 Å². The van der Waals surface area contributed by atoms with E-state index in [9.17, 15) is 30.0 Å². The fraction of sp³-hybridized carbons (Fsp3) is 0.409. The average Bonchev–Trinajstić information content (AvgIpc) is 3.47. The van der Waals surface area contributed by atoms with Gasteiger partial charge in [-0.15, -0.1) is 11.3 Å². The number of benzene rings is 1. The summed E-state index contributed by atoms with van der Waals surface area (Å²) in [6, 6.07) is 6.91. The molecule has 1 fully saturated rings. The Balaban J connectivity index is 1.72. The Kier molecular flexibility index (Phi) is 7.09. The first kappa shape index (κ1) is 24.4. The minimum Gasteiger partial charge on any atom is -0.463 e. The first-order valence-corrected chi connectivity index (χ1v) is 11.2. The number of ether oxygens (including phenoxy) is 3. The number of aromatic nitrogens is 2. The number of carbonyl (C=O) groups excluding carboxylic acids is 2. The van der Waals surface area contributed by atoms with Crippen LogP contribution in [0.3, 0.4) is 0 Å². The first-order valence-electron chi connectivity index (χ1n) is 10.4. The fourth-order valence-electron chi connectivity index (χ4n) is 3.83. The number of ketones is 1. The van der Waals surface area contributed by atoms with E-state index in [2.05, 4.69) is 4.98 Å². The maximum absolute atomic E-state index is 13.3. The molecule has 2 aromatic heterocycles. The standard InChI is InChI=1S/C22H24N2O9S/c1-10(25)32-8-15-17(27)18(28)19(29)21(33-15)24-7-12(11-5-3-4-6-14(11)24)16(26)20-23-13(9-34-20)22(30)31-2/h3-7,9,15,17-19,21-22,27-30H,8H2,1-2H3. The van der Waals surface area contributed by atoms with E-state index in [1.54, 1.807) is 24.3 Å². The van der Waals surface area contributed by atoms with E-state index in [0.29, 0.717) is 10.9 Å². The fourth-order valence-corrected chi connectivity index (χ4v) is 4.61. The van der Waals surface area contributed by atoms with E-state index in [0.717, 1.165) is 11.3 Å². The van der Waals surface area contributed by atoms with Gasteiger partial charge in [0.05, 0.1) is 11.1 Å². The molecule has 182 valence electrons. The molecule has 1 aromatic carbocycles. The number of esters is 1. The van der Waals surface area contributed by atoms with Gasteiger partial charge in [0, 0.05) is 31.0 Å². The highest BCUT2D eigenvalue weighted by Crippen LogP contribution is 2.34. The summed E-state index contributed by atoms with van der Waals surface area (Å²) in [5.74, 6) is -1.01. The van der Waals surface area contributed by atoms with E-state index >= 15 is 0 Å². The van der Waals surface area contributed by atoms with E-state index in [1.807, 2.05) is 0 Å². The highest BCUT2D eigenvalue weighted by Gasteiger charge is 2.45. The Labute approximate surface area is 197 Å². The van der Waals surface area contributed by atoms with Crippen LogP contribution in [0.5, 0.6) is 0 Å². The van der Waals surface area contributed by atoms with Crippen molar-refractivity contribution in [1.82, 2.24) is 9.55 Å². The average molecular weight is 493 g/mol. The minimum atomic E-state index is -1.59. The van der Waals surface area contributed by atoms with Gasteiger partial charge in [0.25, 0.3) is 0 Å². The SMILES string of the molecule is COC(O)c1csc(C(=O)c2cn(C3OC(COC(C)=O)C(O)C(O)C3O)c3ccccc23)n1. The van der Waals surface area contributed by atoms with Crippen molar-refractivity contribution in [2.45, 2.75) is 43.9 Å². The van der Waals surface area contributed by atoms with Gasteiger partial charge in [0.2, 0.25) is 5.78 Å². The number of aliphatic hydroxyl groups excluding tert-OH is 4. The Morgan fingerprint density at radius 1 is 1.21 bits per heavy atom. The van der Waals surface area contributed by atoms with Crippen LogP contribution < -0.4 is 0 Å². The third-order valence-corrected chi connectivity index (χ3v) is 6.45. The number of hydrogen-bond donors (Lipinski definition) is 4. The van der Waals surface area contributed by atoms with Gasteiger partial charge in [0.1, 0.15) is 36.7 Å². The number of methoxy groups -OCH3 is 1. The number of aliphatic hydroxyl groups is 4. The van der Waals surface area contributed by atoms with E-state index in [-0.39, 0.29) is 22.9 Å². The normalized spacial score (nSPS) is 25.9. The lowest BCUT2D eigenvalue weighted by Gasteiger charge is -2.41. The largest absolute Gasteiger partial charge is 0.463 e. The van der Waals surface area contributed by atoms with Gasteiger partial charge in [-0.05, 0) is 6.07 Å². The second-order valence-electron chi connectivity index (χ2n) is 7.80. The number of fused-ring (bicyclic) bond motifs is 1. The zero-order chi connectivity index (χ0) is 24.6. The zero-order valence-electron chi connectivity index (χ0n) is 18.3. The van der Waals surface area contributed by atoms with E-state index in [4.69, 9.17) is 14.2 Å². The molecule has 3 aromatic rings. The second kappa shape index (κ2) is 9.88. The monoisotopic (exact) mass is 492 g/mol. The van der Waals surface area contributed by atoms with Crippen LogP contribution in [0.2, 0.25) is 0 Å². The molecule has 4 N–H and O–H groups in total. The quantitative estimate of drug-likeness (QED) is 0.208. The van der Waals surface area contributed by atoms with Crippen LogP contribution in [0.15, 0.2) is 35.8 Å². The molecule has 12 heteroatoms. The molecule has 1 saturated heterocycles. The molecular formula is C22H24N2O9S. The van der Waals surface area contributed by atoms with Crippen LogP contribution in [0, 0.1) is 0 Å². The van der Waals surface area contributed by atoms with Crippen molar-refractivity contribution in [3.05, 3.63) is 52.1 Å². The highest BCUT2D eigenvalue weighted by atomic mass is 32.1. The van der Waals surface area contributed by atoms with Crippen LogP contribution in [0.4, 0.5) is 0 Å². The summed E-state index contributed by atoms with van der Waals surface area (Å²) < 4.78 is 17.1. The number of carbonyl (C=O) groups is 2. The number of thiazole rings is 1. The molecule has 4 rings (SSSR count). The van der Waals surface area contributed by atoms with Gasteiger partial charge < -0.3 is 39.2 Å². The summed E-state index contributed by atoms with van der Waals surface area (Å²) in [4.78, 5) is 28.6. The zero-order valence-corrected chi connectivity index (χ0v) is 19.1. The van der Waals surface area contributed by atoms with Crippen LogP contribution in [0.1, 0.15) is 40.5 Å². The molecule has 11 nitrogen and oxygen atoms in total. The van der Waals surface area contributed by atoms with Crippen LogP contribution in [0.25, 0.3) is 10.9 Å². The van der Waals surface area contributed by atoms with Crippen molar-refractivity contribution in [3.63, 3.8) is 0 Å². The van der Waals surface area contributed by atoms with Gasteiger partial charge in [-0.3, -0.25) is 9.59 Å². The maximum Gasteiger partial charge on any atom is 0.302 e. The molecule has 0 aliphatic carbocycles. The summed E-state index contributed by atoms with van der Waals surface area (Å²) in [5, 5.41) is 43.4. The maximum atomic E-state index is 13.3. The molecule has 3 heterocycles. The molecule has 0 bridgehead atoms. The molecule has 6 unspecified atom stereocenters. The molecule has 6 atom stereocenters. The number of rotatable bonds is 7. The van der Waals surface area contributed by atoms with Crippen molar-refractivity contribution < 1.29 is 44.2 Å². The van der Waals surface area contributed by atoms with Crippen molar-refractivity contribution in [1.29, 1.82) is 0 Å². The molecule has 34 heavy (non-hydrogen) atoms. The second-order valence-corrected chi connectivity index (χ2v) is 8.66. The van der Waals surface area contributed by atoms with Crippen LogP contribution in [-0.2, 0) is 19.0 Å². The van der Waals surface area contributed by atoms with Crippen molar-refractivity contribution in [2.75, 3.05) is 13.7 Å². The van der Waals surface area contributed by atoms with Crippen molar-refractivity contribution in [2.24, 2.45) is 0 Å². The van der Waals surface area contributed by atoms with E-state index in [1.165, 1.54) is 30.2 Å². The van der Waals surface area contributed by atoms with Crippen LogP contribution >= 0.6 is 11.3 Å². The number of nitrogens with zero attached hydrogens (tertiary/aromatic N) is 2. The van der Waals surface area contributed by atoms with Gasteiger partial charge in [0.15, 0.2) is 17.5 Å². The lowest BCUT2D eigenvalue weighted by molar-refractivity contribution is -0.252. The lowest BCUT2D eigenvalue weighted by Crippen LogP contribution is -2.56. The Bertz CT molecular complexity index is 1190. The minimum absolute atomic E-state index is 0.127. The summed E-state index contributed by atoms with van der Waals surface area (Å²) in [7, 11) is 1.31. The molecule has 0 saturated carbocycles. The molecule has 1 aliphatic heterocycles. The third-order valence-electron chi connectivity index (χ3n) is 5.59. The number of para-hydroxylation sites is 1. The third kappa shape index (κ3) is 4.49. The summed E-state index contributed by atoms with van der Waals surface area (Å²) >= 11 is 1.05. The smallest absolute Gasteiger partial charge is 0.302 e. The first-order chi connectivity index (χ1) is 16.2. The molecular weight excluding hydrogens is 468 g/mol. The molecule has 0 spiro atoms. The molecule has 1 aliphatic rings. The Morgan fingerprint density at radius 3 is 2.65 bits per heavy atom. The predicted octanol–water partition coefficient (Wildman–Crippen LogP) is 0.509. The topological polar surface area (TPSA) is 161 Å². The highest BCUT2D eigenvalue weighted by molar-refractivity contribution is 7.12. The van der Waals surface area contributed by atoms with Gasteiger partial charge in [-0.2, -0.15) is 0 Å². The lowest BCUT2D eigenvalue weighted by atomic mass is 9.98. The van der Waals surface area contributed by atoms with Gasteiger partial charge >= 0.3 is 5.97 Å². The van der Waals surface area contributed by atoms with E-state index < -0.39 is 48.7 Å². The summed E-state index contributed by atoms with van der Waals surface area (Å²) in [6.07, 6.45) is -6.69. The summed E-state index contributed by atoms with van der Waals surface area (Å²) in [5.41, 5.74) is 0.992. The summed E-state index contributed by atoms with van der Waals surface area (Å²) in [6.45, 7) is 0.871. The molecule has 0 radical (unpaired) electrons. The molecule has 0 amide bonds. The number of hydrogen-bond acceptors (Lipinski definition) is 11.